The predicted octanol–water partition coefficient (Wildman–Crippen LogP) is 5.11. The van der Waals surface area contributed by atoms with Crippen LogP contribution in [0.25, 0.3) is 0 Å². The minimum atomic E-state index is 1.16. The van der Waals surface area contributed by atoms with Crippen molar-refractivity contribution < 1.29 is 0 Å². The first-order valence-electron chi connectivity index (χ1n) is 6.48. The van der Waals surface area contributed by atoms with Crippen LogP contribution in [0.1, 0.15) is 47.6 Å². The first-order valence-corrected chi connectivity index (χ1v) is 8.24. The fourth-order valence-electron chi connectivity index (χ4n) is 1.79. The molecule has 2 heteroatoms. The molecular formula is C16H18S2. The van der Waals surface area contributed by atoms with Gasteiger partial charge < -0.3 is 0 Å². The Balaban J connectivity index is 2.05. The highest BCUT2D eigenvalue weighted by Gasteiger charge is 1.98. The summed E-state index contributed by atoms with van der Waals surface area (Å²) in [5.74, 6) is 6.52. The monoisotopic (exact) mass is 274 g/mol. The van der Waals surface area contributed by atoms with E-state index in [4.69, 9.17) is 0 Å². The molecule has 0 radical (unpaired) electrons. The molecule has 0 nitrogen and oxygen atoms in total. The number of rotatable bonds is 4. The molecule has 0 aliphatic heterocycles. The van der Waals surface area contributed by atoms with Gasteiger partial charge in [0.2, 0.25) is 0 Å². The largest absolute Gasteiger partial charge is 0.148 e. The standard InChI is InChI=1S/C16H18S2/c1-3-5-15-9-13(11-17-15)7-8-14-10-16(6-4-2)18-12-14/h9-12H,3-6H2,1-2H3. The quantitative estimate of drug-likeness (QED) is 0.679. The van der Waals surface area contributed by atoms with Crippen molar-refractivity contribution in [2.45, 2.75) is 39.5 Å². The Morgan fingerprint density at radius 3 is 1.67 bits per heavy atom. The number of aryl methyl sites for hydroxylation is 2. The lowest BCUT2D eigenvalue weighted by atomic mass is 10.2. The van der Waals surface area contributed by atoms with E-state index in [1.165, 1.54) is 35.4 Å². The van der Waals surface area contributed by atoms with Gasteiger partial charge in [0.05, 0.1) is 0 Å². The Morgan fingerprint density at radius 2 is 1.28 bits per heavy atom. The maximum Gasteiger partial charge on any atom is 0.0358 e. The van der Waals surface area contributed by atoms with Gasteiger partial charge in [0, 0.05) is 31.6 Å². The number of hydrogen-bond acceptors (Lipinski definition) is 2. The van der Waals surface area contributed by atoms with E-state index in [1.54, 1.807) is 0 Å². The van der Waals surface area contributed by atoms with E-state index in [1.807, 2.05) is 22.7 Å². The van der Waals surface area contributed by atoms with Gasteiger partial charge in [-0.25, -0.2) is 0 Å². The van der Waals surface area contributed by atoms with Gasteiger partial charge >= 0.3 is 0 Å². The summed E-state index contributed by atoms with van der Waals surface area (Å²) in [4.78, 5) is 2.89. The van der Waals surface area contributed by atoms with Crippen LogP contribution < -0.4 is 0 Å². The van der Waals surface area contributed by atoms with Crippen LogP contribution in [-0.4, -0.2) is 0 Å². The molecule has 0 saturated heterocycles. The molecule has 0 amide bonds. The molecule has 0 fully saturated rings. The molecule has 0 spiro atoms. The van der Waals surface area contributed by atoms with Crippen molar-refractivity contribution in [1.29, 1.82) is 0 Å². The summed E-state index contributed by atoms with van der Waals surface area (Å²) in [6.07, 6.45) is 4.76. The van der Waals surface area contributed by atoms with Crippen LogP contribution in [0.15, 0.2) is 22.9 Å². The Labute approximate surface area is 118 Å². The molecule has 18 heavy (non-hydrogen) atoms. The summed E-state index contributed by atoms with van der Waals surface area (Å²) in [6.45, 7) is 4.43. The Kier molecular flexibility index (Phi) is 5.04. The van der Waals surface area contributed by atoms with Crippen LogP contribution in [0.5, 0.6) is 0 Å². The maximum absolute atomic E-state index is 3.26. The van der Waals surface area contributed by atoms with Crippen molar-refractivity contribution in [3.63, 3.8) is 0 Å². The maximum atomic E-state index is 3.26. The molecule has 0 aromatic carbocycles. The van der Waals surface area contributed by atoms with Gasteiger partial charge in [-0.3, -0.25) is 0 Å². The second-order valence-electron chi connectivity index (χ2n) is 4.35. The summed E-state index contributed by atoms with van der Waals surface area (Å²) in [6, 6.07) is 4.45. The zero-order valence-corrected chi connectivity index (χ0v) is 12.6. The summed E-state index contributed by atoms with van der Waals surface area (Å²) in [7, 11) is 0. The van der Waals surface area contributed by atoms with E-state index in [2.05, 4.69) is 48.6 Å². The SMILES string of the molecule is CCCc1cc(C#Cc2csc(CCC)c2)cs1. The third-order valence-electron chi connectivity index (χ3n) is 2.65. The summed E-state index contributed by atoms with van der Waals surface area (Å²) in [5, 5.41) is 4.33. The van der Waals surface area contributed by atoms with Crippen LogP contribution in [-0.2, 0) is 12.8 Å². The van der Waals surface area contributed by atoms with Crippen molar-refractivity contribution in [1.82, 2.24) is 0 Å². The van der Waals surface area contributed by atoms with Crippen molar-refractivity contribution in [3.05, 3.63) is 43.8 Å². The summed E-state index contributed by atoms with van der Waals surface area (Å²) >= 11 is 3.65. The first kappa shape index (κ1) is 13.4. The fourth-order valence-corrected chi connectivity index (χ4v) is 3.64. The van der Waals surface area contributed by atoms with Crippen LogP contribution in [0.4, 0.5) is 0 Å². The van der Waals surface area contributed by atoms with Gasteiger partial charge in [0.25, 0.3) is 0 Å². The van der Waals surface area contributed by atoms with Crippen LogP contribution in [0, 0.1) is 11.8 Å². The highest BCUT2D eigenvalue weighted by molar-refractivity contribution is 7.10. The smallest absolute Gasteiger partial charge is 0.0358 e. The van der Waals surface area contributed by atoms with Crippen molar-refractivity contribution in [3.8, 4) is 11.8 Å². The van der Waals surface area contributed by atoms with Crippen LogP contribution >= 0.6 is 22.7 Å². The van der Waals surface area contributed by atoms with E-state index in [9.17, 15) is 0 Å². The predicted molar refractivity (Wildman–Crippen MR) is 82.6 cm³/mol. The molecule has 0 atom stereocenters. The van der Waals surface area contributed by atoms with Gasteiger partial charge in [0.1, 0.15) is 0 Å². The van der Waals surface area contributed by atoms with Crippen molar-refractivity contribution >= 4 is 22.7 Å². The zero-order valence-electron chi connectivity index (χ0n) is 11.0. The van der Waals surface area contributed by atoms with Gasteiger partial charge in [-0.15, -0.1) is 22.7 Å². The second-order valence-corrected chi connectivity index (χ2v) is 6.34. The van der Waals surface area contributed by atoms with Crippen molar-refractivity contribution in [2.75, 3.05) is 0 Å². The number of hydrogen-bond donors (Lipinski definition) is 0. The third-order valence-corrected chi connectivity index (χ3v) is 4.64. The fraction of sp³-hybridized carbons (Fsp3) is 0.375. The lowest BCUT2D eigenvalue weighted by molar-refractivity contribution is 0.939. The highest BCUT2D eigenvalue weighted by Crippen LogP contribution is 2.17. The van der Waals surface area contributed by atoms with E-state index in [0.717, 1.165) is 11.1 Å². The molecule has 0 unspecified atom stereocenters. The summed E-state index contributed by atoms with van der Waals surface area (Å²) < 4.78 is 0. The third kappa shape index (κ3) is 3.73. The molecule has 2 aromatic rings. The minimum Gasteiger partial charge on any atom is -0.148 e. The Morgan fingerprint density at radius 1 is 0.833 bits per heavy atom. The second kappa shape index (κ2) is 6.78. The van der Waals surface area contributed by atoms with E-state index in [-0.39, 0.29) is 0 Å². The molecule has 0 aliphatic rings. The minimum absolute atomic E-state index is 1.16. The molecule has 0 aliphatic carbocycles. The van der Waals surface area contributed by atoms with Gasteiger partial charge in [-0.1, -0.05) is 38.5 Å². The lowest BCUT2D eigenvalue weighted by Crippen LogP contribution is -1.75. The average molecular weight is 274 g/mol. The lowest BCUT2D eigenvalue weighted by Gasteiger charge is -1.87. The van der Waals surface area contributed by atoms with Crippen molar-refractivity contribution in [2.24, 2.45) is 0 Å². The van der Waals surface area contributed by atoms with E-state index in [0.29, 0.717) is 0 Å². The van der Waals surface area contributed by atoms with Crippen LogP contribution in [0.2, 0.25) is 0 Å². The first-order chi connectivity index (χ1) is 8.81. The highest BCUT2D eigenvalue weighted by atomic mass is 32.1. The zero-order chi connectivity index (χ0) is 12.8. The molecule has 2 rings (SSSR count). The van der Waals surface area contributed by atoms with E-state index >= 15 is 0 Å². The van der Waals surface area contributed by atoms with Gasteiger partial charge in [0.15, 0.2) is 0 Å². The average Bonchev–Trinajstić information content (AvgIpc) is 2.97. The van der Waals surface area contributed by atoms with Gasteiger partial charge in [-0.05, 0) is 25.0 Å². The molecule has 0 N–H and O–H groups in total. The topological polar surface area (TPSA) is 0 Å². The van der Waals surface area contributed by atoms with E-state index < -0.39 is 0 Å². The molecular weight excluding hydrogens is 256 g/mol. The molecule has 94 valence electrons. The normalized spacial score (nSPS) is 10.1. The Hall–Kier alpha value is -1.04. The van der Waals surface area contributed by atoms with Gasteiger partial charge in [-0.2, -0.15) is 0 Å². The summed E-state index contributed by atoms with van der Waals surface area (Å²) in [5.41, 5.74) is 2.32. The van der Waals surface area contributed by atoms with Crippen LogP contribution in [0.3, 0.4) is 0 Å². The molecule has 2 aromatic heterocycles. The molecule has 0 bridgehead atoms. The molecule has 0 saturated carbocycles. The molecule has 2 heterocycles. The Bertz CT molecular complexity index is 501. The number of thiophene rings is 2.